The Morgan fingerprint density at radius 3 is 2.67 bits per heavy atom. The molecule has 0 N–H and O–H groups in total. The van der Waals surface area contributed by atoms with Gasteiger partial charge in [-0.3, -0.25) is 9.78 Å². The summed E-state index contributed by atoms with van der Waals surface area (Å²) in [5.74, 6) is 0.0454. The van der Waals surface area contributed by atoms with Gasteiger partial charge in [0.2, 0.25) is 0 Å². The first-order chi connectivity index (χ1) is 14.7. The van der Waals surface area contributed by atoms with Crippen LogP contribution in [0, 0.1) is 6.92 Å². The number of carbonyl (C=O) groups is 1. The molecule has 4 heteroatoms. The molecule has 0 bridgehead atoms. The number of pyridine rings is 1. The van der Waals surface area contributed by atoms with Crippen LogP contribution in [0.5, 0.6) is 0 Å². The van der Waals surface area contributed by atoms with Gasteiger partial charge in [0.1, 0.15) is 0 Å². The maximum atomic E-state index is 13.7. The standard InChI is InChI=1S/C26H23N3O/c1-19-9-10-24-20(16-19)11-15-29(25(24)22-7-5-12-27-18-22)26(30)21-6-4-8-23(17-21)28-13-2-3-14-28/h2-10,12-14,16-18,25H,11,15H2,1H3. The fourth-order valence-electron chi connectivity index (χ4n) is 4.34. The van der Waals surface area contributed by atoms with Crippen LogP contribution in [0.1, 0.15) is 38.7 Å². The summed E-state index contributed by atoms with van der Waals surface area (Å²) in [5, 5.41) is 0. The molecule has 0 fully saturated rings. The predicted octanol–water partition coefficient (Wildman–Crippen LogP) is 4.97. The molecule has 2 aromatic heterocycles. The normalized spacial score (nSPS) is 15.6. The molecule has 3 heterocycles. The maximum Gasteiger partial charge on any atom is 0.254 e. The molecule has 0 aliphatic carbocycles. The molecular formula is C26H23N3O. The molecule has 1 atom stereocenters. The van der Waals surface area contributed by atoms with Crippen LogP contribution >= 0.6 is 0 Å². The van der Waals surface area contributed by atoms with Crippen molar-refractivity contribution >= 4 is 5.91 Å². The van der Waals surface area contributed by atoms with Gasteiger partial charge < -0.3 is 9.47 Å². The minimum Gasteiger partial charge on any atom is -0.327 e. The van der Waals surface area contributed by atoms with Crippen molar-refractivity contribution in [3.05, 3.63) is 119 Å². The topological polar surface area (TPSA) is 38.1 Å². The number of rotatable bonds is 3. The highest BCUT2D eigenvalue weighted by Gasteiger charge is 2.32. The molecule has 0 radical (unpaired) electrons. The largest absolute Gasteiger partial charge is 0.327 e. The van der Waals surface area contributed by atoms with Crippen LogP contribution in [0.4, 0.5) is 0 Å². The number of benzene rings is 2. The van der Waals surface area contributed by atoms with Crippen molar-refractivity contribution < 1.29 is 4.79 Å². The van der Waals surface area contributed by atoms with E-state index in [0.717, 1.165) is 17.7 Å². The van der Waals surface area contributed by atoms with E-state index in [0.29, 0.717) is 12.1 Å². The lowest BCUT2D eigenvalue weighted by atomic mass is 9.87. The molecule has 30 heavy (non-hydrogen) atoms. The smallest absolute Gasteiger partial charge is 0.254 e. The Morgan fingerprint density at radius 1 is 1.00 bits per heavy atom. The average molecular weight is 393 g/mol. The van der Waals surface area contributed by atoms with E-state index in [1.54, 1.807) is 6.20 Å². The van der Waals surface area contributed by atoms with Crippen LogP contribution in [0.25, 0.3) is 5.69 Å². The number of carbonyl (C=O) groups excluding carboxylic acids is 1. The van der Waals surface area contributed by atoms with Gasteiger partial charge in [0.15, 0.2) is 0 Å². The highest BCUT2D eigenvalue weighted by Crippen LogP contribution is 2.36. The van der Waals surface area contributed by atoms with Crippen molar-refractivity contribution in [1.82, 2.24) is 14.5 Å². The van der Waals surface area contributed by atoms with Crippen LogP contribution in [0.3, 0.4) is 0 Å². The molecule has 1 amide bonds. The van der Waals surface area contributed by atoms with Gasteiger partial charge in [-0.15, -0.1) is 0 Å². The molecule has 1 unspecified atom stereocenters. The average Bonchev–Trinajstić information content (AvgIpc) is 3.33. The molecule has 2 aromatic carbocycles. The summed E-state index contributed by atoms with van der Waals surface area (Å²) in [7, 11) is 0. The van der Waals surface area contributed by atoms with Gasteiger partial charge in [-0.1, -0.05) is 35.9 Å². The Kier molecular flexibility index (Phi) is 4.68. The zero-order chi connectivity index (χ0) is 20.5. The van der Waals surface area contributed by atoms with Gasteiger partial charge in [-0.2, -0.15) is 0 Å². The highest BCUT2D eigenvalue weighted by molar-refractivity contribution is 5.95. The minimum absolute atomic E-state index is 0.0454. The number of fused-ring (bicyclic) bond motifs is 1. The Bertz CT molecular complexity index is 1180. The summed E-state index contributed by atoms with van der Waals surface area (Å²) >= 11 is 0. The van der Waals surface area contributed by atoms with Gasteiger partial charge >= 0.3 is 0 Å². The van der Waals surface area contributed by atoms with Crippen molar-refractivity contribution in [2.45, 2.75) is 19.4 Å². The molecule has 0 saturated carbocycles. The summed E-state index contributed by atoms with van der Waals surface area (Å²) in [6, 6.07) is 22.2. The number of nitrogens with zero attached hydrogens (tertiary/aromatic N) is 3. The number of hydrogen-bond acceptors (Lipinski definition) is 2. The van der Waals surface area contributed by atoms with Crippen molar-refractivity contribution in [2.24, 2.45) is 0 Å². The Labute approximate surface area is 176 Å². The molecule has 4 aromatic rings. The highest BCUT2D eigenvalue weighted by atomic mass is 16.2. The van der Waals surface area contributed by atoms with Crippen molar-refractivity contribution in [2.75, 3.05) is 6.54 Å². The molecule has 1 aliphatic heterocycles. The lowest BCUT2D eigenvalue weighted by molar-refractivity contribution is 0.0694. The molecule has 0 spiro atoms. The lowest BCUT2D eigenvalue weighted by Crippen LogP contribution is -2.40. The number of hydrogen-bond donors (Lipinski definition) is 0. The number of amides is 1. The van der Waals surface area contributed by atoms with Crippen LogP contribution < -0.4 is 0 Å². The first kappa shape index (κ1) is 18.4. The fourth-order valence-corrected chi connectivity index (χ4v) is 4.34. The van der Waals surface area contributed by atoms with E-state index >= 15 is 0 Å². The van der Waals surface area contributed by atoms with E-state index in [2.05, 4.69) is 36.2 Å². The first-order valence-corrected chi connectivity index (χ1v) is 10.2. The monoisotopic (exact) mass is 393 g/mol. The van der Waals surface area contributed by atoms with Gasteiger partial charge in [0.05, 0.1) is 6.04 Å². The van der Waals surface area contributed by atoms with Crippen LogP contribution in [-0.4, -0.2) is 26.9 Å². The quantitative estimate of drug-likeness (QED) is 0.493. The molecule has 1 aliphatic rings. The summed E-state index contributed by atoms with van der Waals surface area (Å²) in [6.45, 7) is 2.80. The van der Waals surface area contributed by atoms with Gasteiger partial charge in [0.25, 0.3) is 5.91 Å². The van der Waals surface area contributed by atoms with Gasteiger partial charge in [0, 0.05) is 42.6 Å². The van der Waals surface area contributed by atoms with Gasteiger partial charge in [-0.05, 0) is 66.4 Å². The van der Waals surface area contributed by atoms with Crippen LogP contribution in [0.15, 0.2) is 91.5 Å². The summed E-state index contributed by atoms with van der Waals surface area (Å²) in [6.07, 6.45) is 8.48. The predicted molar refractivity (Wildman–Crippen MR) is 118 cm³/mol. The Morgan fingerprint density at radius 2 is 1.87 bits per heavy atom. The fraction of sp³-hybridized carbons (Fsp3) is 0.154. The van der Waals surface area contributed by atoms with E-state index in [1.807, 2.05) is 70.5 Å². The molecule has 0 saturated heterocycles. The lowest BCUT2D eigenvalue weighted by Gasteiger charge is -2.38. The summed E-state index contributed by atoms with van der Waals surface area (Å²) in [5.41, 5.74) is 6.47. The van der Waals surface area contributed by atoms with Crippen LogP contribution in [-0.2, 0) is 6.42 Å². The van der Waals surface area contributed by atoms with Gasteiger partial charge in [-0.25, -0.2) is 0 Å². The minimum atomic E-state index is -0.134. The zero-order valence-electron chi connectivity index (χ0n) is 16.9. The zero-order valence-corrected chi connectivity index (χ0v) is 16.9. The van der Waals surface area contributed by atoms with Crippen molar-refractivity contribution in [3.8, 4) is 5.69 Å². The second kappa shape index (κ2) is 7.64. The molecule has 4 nitrogen and oxygen atoms in total. The first-order valence-electron chi connectivity index (χ1n) is 10.2. The van der Waals surface area contributed by atoms with E-state index in [-0.39, 0.29) is 11.9 Å². The van der Waals surface area contributed by atoms with E-state index < -0.39 is 0 Å². The Balaban J connectivity index is 1.56. The van der Waals surface area contributed by atoms with Crippen molar-refractivity contribution in [1.29, 1.82) is 0 Å². The summed E-state index contributed by atoms with van der Waals surface area (Å²) < 4.78 is 2.02. The molecular weight excluding hydrogens is 370 g/mol. The van der Waals surface area contributed by atoms with E-state index in [4.69, 9.17) is 0 Å². The molecule has 5 rings (SSSR count). The maximum absolute atomic E-state index is 13.7. The second-order valence-electron chi connectivity index (χ2n) is 7.78. The summed E-state index contributed by atoms with van der Waals surface area (Å²) in [4.78, 5) is 20.0. The third kappa shape index (κ3) is 3.30. The van der Waals surface area contributed by atoms with Crippen molar-refractivity contribution in [3.63, 3.8) is 0 Å². The molecule has 148 valence electrons. The number of aryl methyl sites for hydroxylation is 1. The van der Waals surface area contributed by atoms with Crippen LogP contribution in [0.2, 0.25) is 0 Å². The third-order valence-electron chi connectivity index (χ3n) is 5.78. The van der Waals surface area contributed by atoms with E-state index in [1.165, 1.54) is 16.7 Å². The Hall–Kier alpha value is -3.66. The van der Waals surface area contributed by atoms with E-state index in [9.17, 15) is 4.79 Å². The second-order valence-corrected chi connectivity index (χ2v) is 7.78. The third-order valence-corrected chi connectivity index (χ3v) is 5.78. The SMILES string of the molecule is Cc1ccc2c(c1)CCN(C(=O)c1cccc(-n3cccc3)c1)C2c1cccnc1. The number of aromatic nitrogens is 2.